The number of carboxylic acids is 1. The van der Waals surface area contributed by atoms with Gasteiger partial charge in [0.15, 0.2) is 0 Å². The van der Waals surface area contributed by atoms with Crippen LogP contribution in [0.5, 0.6) is 0 Å². The molecule has 0 aliphatic rings. The zero-order valence-corrected chi connectivity index (χ0v) is 9.32. The van der Waals surface area contributed by atoms with Gasteiger partial charge in [0.25, 0.3) is 0 Å². The molecule has 7 heteroatoms. The normalized spacial score (nSPS) is 12.3. The minimum atomic E-state index is -1.12. The largest absolute Gasteiger partial charge is 0.480 e. The molecular weight excluding hydrogens is 239 g/mol. The number of hydrogen-bond donors (Lipinski definition) is 2. The third-order valence-electron chi connectivity index (χ3n) is 2.39. The molecule has 0 saturated heterocycles. The van der Waals surface area contributed by atoms with Crippen molar-refractivity contribution in [1.82, 2.24) is 15.0 Å². The zero-order valence-electron chi connectivity index (χ0n) is 9.32. The Balaban J connectivity index is 2.21. The summed E-state index contributed by atoms with van der Waals surface area (Å²) in [6, 6.07) is 5.04. The topological polar surface area (TPSA) is 94.0 Å². The van der Waals surface area contributed by atoms with E-state index in [0.717, 1.165) is 0 Å². The molecular formula is C11H11FN4O2. The van der Waals surface area contributed by atoms with Crippen LogP contribution in [0.3, 0.4) is 0 Å². The first kappa shape index (κ1) is 12.2. The van der Waals surface area contributed by atoms with Crippen molar-refractivity contribution >= 4 is 5.97 Å². The van der Waals surface area contributed by atoms with E-state index in [0.29, 0.717) is 5.69 Å². The summed E-state index contributed by atoms with van der Waals surface area (Å²) in [5.41, 5.74) is 6.02. The SMILES string of the molecule is NC(Cc1cn(-c2ccccc2F)nn1)C(=O)O. The molecule has 2 aromatic rings. The fourth-order valence-corrected chi connectivity index (χ4v) is 1.46. The fraction of sp³-hybridized carbons (Fsp3) is 0.182. The molecule has 0 aliphatic carbocycles. The van der Waals surface area contributed by atoms with E-state index < -0.39 is 17.8 Å². The molecule has 1 aromatic carbocycles. The number of aromatic nitrogens is 3. The first-order chi connectivity index (χ1) is 8.58. The first-order valence-corrected chi connectivity index (χ1v) is 5.22. The molecule has 1 heterocycles. The summed E-state index contributed by atoms with van der Waals surface area (Å²) in [4.78, 5) is 10.6. The number of carboxylic acid groups (broad SMARTS) is 1. The Hall–Kier alpha value is -2.28. The Morgan fingerprint density at radius 1 is 1.50 bits per heavy atom. The maximum Gasteiger partial charge on any atom is 0.320 e. The van der Waals surface area contributed by atoms with Gasteiger partial charge in [0.05, 0.1) is 11.9 Å². The second-order valence-electron chi connectivity index (χ2n) is 3.75. The summed E-state index contributed by atoms with van der Waals surface area (Å²) < 4.78 is 14.7. The Kier molecular flexibility index (Phi) is 3.33. The van der Waals surface area contributed by atoms with E-state index in [1.807, 2.05) is 0 Å². The van der Waals surface area contributed by atoms with Crippen LogP contribution in [0.15, 0.2) is 30.5 Å². The van der Waals surface area contributed by atoms with E-state index in [2.05, 4.69) is 10.3 Å². The molecule has 6 nitrogen and oxygen atoms in total. The van der Waals surface area contributed by atoms with Crippen LogP contribution in [0.4, 0.5) is 4.39 Å². The van der Waals surface area contributed by atoms with Crippen LogP contribution in [0.1, 0.15) is 5.69 Å². The Bertz CT molecular complexity index is 570. The summed E-state index contributed by atoms with van der Waals surface area (Å²) in [7, 11) is 0. The van der Waals surface area contributed by atoms with Gasteiger partial charge in [-0.1, -0.05) is 17.3 Å². The maximum absolute atomic E-state index is 13.5. The van der Waals surface area contributed by atoms with Crippen LogP contribution in [0.25, 0.3) is 5.69 Å². The lowest BCUT2D eigenvalue weighted by atomic mass is 10.2. The van der Waals surface area contributed by atoms with Crippen LogP contribution in [0, 0.1) is 5.82 Å². The number of hydrogen-bond acceptors (Lipinski definition) is 4. The number of nitrogens with two attached hydrogens (primary N) is 1. The molecule has 94 valence electrons. The van der Waals surface area contributed by atoms with Gasteiger partial charge in [-0.3, -0.25) is 4.79 Å². The first-order valence-electron chi connectivity index (χ1n) is 5.22. The van der Waals surface area contributed by atoms with E-state index in [4.69, 9.17) is 10.8 Å². The zero-order chi connectivity index (χ0) is 13.1. The van der Waals surface area contributed by atoms with Crippen molar-refractivity contribution in [3.63, 3.8) is 0 Å². The highest BCUT2D eigenvalue weighted by Gasteiger charge is 2.15. The molecule has 0 saturated carbocycles. The van der Waals surface area contributed by atoms with Crippen LogP contribution < -0.4 is 5.73 Å². The summed E-state index contributed by atoms with van der Waals surface area (Å²) in [5, 5.41) is 16.2. The van der Waals surface area contributed by atoms with E-state index in [1.54, 1.807) is 18.2 Å². The molecule has 0 radical (unpaired) electrons. The molecule has 1 aromatic heterocycles. The summed E-state index contributed by atoms with van der Waals surface area (Å²) in [6.07, 6.45) is 1.50. The van der Waals surface area contributed by atoms with Gasteiger partial charge in [0.1, 0.15) is 17.5 Å². The van der Waals surface area contributed by atoms with E-state index in [9.17, 15) is 9.18 Å². The van der Waals surface area contributed by atoms with E-state index in [-0.39, 0.29) is 12.1 Å². The lowest BCUT2D eigenvalue weighted by Crippen LogP contribution is -2.32. The number of benzene rings is 1. The van der Waals surface area contributed by atoms with Crippen molar-refractivity contribution in [2.24, 2.45) is 5.73 Å². The molecule has 0 bridgehead atoms. The smallest absolute Gasteiger partial charge is 0.320 e. The van der Waals surface area contributed by atoms with Crippen LogP contribution in [0.2, 0.25) is 0 Å². The molecule has 1 atom stereocenters. The predicted molar refractivity (Wildman–Crippen MR) is 60.6 cm³/mol. The number of halogens is 1. The van der Waals surface area contributed by atoms with E-state index >= 15 is 0 Å². The van der Waals surface area contributed by atoms with Crippen molar-refractivity contribution in [2.45, 2.75) is 12.5 Å². The minimum Gasteiger partial charge on any atom is -0.480 e. The van der Waals surface area contributed by atoms with Gasteiger partial charge in [-0.15, -0.1) is 5.10 Å². The van der Waals surface area contributed by atoms with Gasteiger partial charge in [-0.05, 0) is 12.1 Å². The molecule has 0 amide bonds. The van der Waals surface area contributed by atoms with Gasteiger partial charge in [-0.2, -0.15) is 0 Å². The highest BCUT2D eigenvalue weighted by molar-refractivity contribution is 5.73. The fourth-order valence-electron chi connectivity index (χ4n) is 1.46. The molecule has 1 unspecified atom stereocenters. The second-order valence-corrected chi connectivity index (χ2v) is 3.75. The van der Waals surface area contributed by atoms with Crippen molar-refractivity contribution < 1.29 is 14.3 Å². The molecule has 0 fully saturated rings. The number of aliphatic carboxylic acids is 1. The van der Waals surface area contributed by atoms with Gasteiger partial charge in [0, 0.05) is 6.42 Å². The van der Waals surface area contributed by atoms with Gasteiger partial charge in [-0.25, -0.2) is 9.07 Å². The highest BCUT2D eigenvalue weighted by Crippen LogP contribution is 2.11. The number of nitrogens with zero attached hydrogens (tertiary/aromatic N) is 3. The van der Waals surface area contributed by atoms with Crippen molar-refractivity contribution in [3.05, 3.63) is 42.0 Å². The average molecular weight is 250 g/mol. The quantitative estimate of drug-likeness (QED) is 0.817. The lowest BCUT2D eigenvalue weighted by molar-refractivity contribution is -0.138. The van der Waals surface area contributed by atoms with Gasteiger partial charge < -0.3 is 10.8 Å². The Morgan fingerprint density at radius 3 is 2.89 bits per heavy atom. The second kappa shape index (κ2) is 4.92. The predicted octanol–water partition coefficient (Wildman–Crippen LogP) is 0.361. The van der Waals surface area contributed by atoms with Gasteiger partial charge in [0.2, 0.25) is 0 Å². The van der Waals surface area contributed by atoms with Crippen molar-refractivity contribution in [1.29, 1.82) is 0 Å². The number of para-hydroxylation sites is 1. The summed E-state index contributed by atoms with van der Waals surface area (Å²) in [6.45, 7) is 0. The van der Waals surface area contributed by atoms with Gasteiger partial charge >= 0.3 is 5.97 Å². The van der Waals surface area contributed by atoms with Crippen LogP contribution in [-0.4, -0.2) is 32.1 Å². The Morgan fingerprint density at radius 2 is 2.22 bits per heavy atom. The maximum atomic E-state index is 13.5. The number of rotatable bonds is 4. The van der Waals surface area contributed by atoms with Crippen LogP contribution in [-0.2, 0) is 11.2 Å². The summed E-state index contributed by atoms with van der Waals surface area (Å²) >= 11 is 0. The molecule has 0 aliphatic heterocycles. The van der Waals surface area contributed by atoms with E-state index in [1.165, 1.54) is 16.9 Å². The van der Waals surface area contributed by atoms with Crippen molar-refractivity contribution in [3.8, 4) is 5.69 Å². The van der Waals surface area contributed by atoms with Crippen LogP contribution >= 0.6 is 0 Å². The molecule has 0 spiro atoms. The van der Waals surface area contributed by atoms with Crippen molar-refractivity contribution in [2.75, 3.05) is 0 Å². The number of carbonyl (C=O) groups is 1. The third-order valence-corrected chi connectivity index (χ3v) is 2.39. The third kappa shape index (κ3) is 2.51. The standard InChI is InChI=1S/C11H11FN4O2/c12-8-3-1-2-4-10(8)16-6-7(14-15-16)5-9(13)11(17)18/h1-4,6,9H,5,13H2,(H,17,18). The molecule has 2 rings (SSSR count). The highest BCUT2D eigenvalue weighted by atomic mass is 19.1. The molecule has 3 N–H and O–H groups in total. The monoisotopic (exact) mass is 250 g/mol. The molecule has 18 heavy (non-hydrogen) atoms. The minimum absolute atomic E-state index is 0.0454. The lowest BCUT2D eigenvalue weighted by Gasteiger charge is -2.02. The summed E-state index contributed by atoms with van der Waals surface area (Å²) in [5.74, 6) is -1.55. The average Bonchev–Trinajstić information content (AvgIpc) is 2.77. The Labute approximate surface area is 102 Å².